The van der Waals surface area contributed by atoms with Gasteiger partial charge in [-0.3, -0.25) is 33.2 Å². The summed E-state index contributed by atoms with van der Waals surface area (Å²) < 4.78 is 20.1. The van der Waals surface area contributed by atoms with E-state index in [-0.39, 0.29) is 0 Å². The van der Waals surface area contributed by atoms with Crippen LogP contribution in [0.25, 0.3) is 55.4 Å². The summed E-state index contributed by atoms with van der Waals surface area (Å²) in [6, 6.07) is 24.7. The number of benzene rings is 2. The number of nitrogens with one attached hydrogen (secondary N) is 1. The lowest BCUT2D eigenvalue weighted by Crippen LogP contribution is -2.36. The Bertz CT molecular complexity index is 3330. The average Bonchev–Trinajstić information content (AvgIpc) is 4.17. The van der Waals surface area contributed by atoms with E-state index in [1.807, 2.05) is 103 Å². The molecular weight excluding hydrogens is 925 g/mol. The first-order valence-corrected chi connectivity index (χ1v) is 23.0. The first-order chi connectivity index (χ1) is 31.8. The van der Waals surface area contributed by atoms with Crippen molar-refractivity contribution in [3.8, 4) is 22.3 Å². The molecule has 0 unspecified atom stereocenters. The number of nitrogens with zero attached hydrogens (tertiary/aromatic N) is 13. The van der Waals surface area contributed by atoms with Crippen molar-refractivity contribution in [2.75, 3.05) is 62.4 Å². The van der Waals surface area contributed by atoms with Gasteiger partial charge in [-0.1, -0.05) is 15.9 Å². The Hall–Kier alpha value is -6.51. The third-order valence-corrected chi connectivity index (χ3v) is 12.9. The van der Waals surface area contributed by atoms with E-state index in [1.165, 1.54) is 16.8 Å². The van der Waals surface area contributed by atoms with Crippen molar-refractivity contribution in [3.63, 3.8) is 0 Å². The number of morpholine rings is 2. The Morgan fingerprint density at radius 1 is 0.615 bits per heavy atom. The number of anilines is 2. The second-order valence-electron chi connectivity index (χ2n) is 15.4. The number of fused-ring (bicyclic) bond motifs is 4. The number of rotatable bonds is 6. The van der Waals surface area contributed by atoms with Gasteiger partial charge in [-0.15, -0.1) is 10.2 Å². The van der Waals surface area contributed by atoms with Crippen molar-refractivity contribution in [2.45, 2.75) is 10.1 Å². The SMILES string of the molecule is Brc1ccc2nccc(N3CCOCC3)c2c1.Cn1cc(-c2ccc3n[nH]c(=S)n3c2)cn1.Cn1cc(-c2ccc3nnc(Sc4ccc5nccc(N6CCOCC6)c5c4)n3c2)cn1. The van der Waals surface area contributed by atoms with Gasteiger partial charge in [0.2, 0.25) is 0 Å². The number of ether oxygens (including phenoxy) is 2. The van der Waals surface area contributed by atoms with Gasteiger partial charge in [0.1, 0.15) is 0 Å². The van der Waals surface area contributed by atoms with Crippen LogP contribution in [0.1, 0.15) is 0 Å². The van der Waals surface area contributed by atoms with Crippen LogP contribution in [-0.2, 0) is 23.6 Å². The molecule has 12 rings (SSSR count). The molecule has 0 amide bonds. The maximum atomic E-state index is 5.53. The third kappa shape index (κ3) is 9.36. The van der Waals surface area contributed by atoms with Crippen LogP contribution in [0.3, 0.4) is 0 Å². The van der Waals surface area contributed by atoms with E-state index >= 15 is 0 Å². The minimum atomic E-state index is 0.598. The number of halogens is 1. The van der Waals surface area contributed by atoms with Gasteiger partial charge >= 0.3 is 0 Å². The molecule has 328 valence electrons. The van der Waals surface area contributed by atoms with E-state index in [9.17, 15) is 0 Å². The largest absolute Gasteiger partial charge is 0.378 e. The number of aromatic nitrogens is 12. The molecule has 0 saturated carbocycles. The van der Waals surface area contributed by atoms with Crippen LogP contribution in [-0.4, -0.2) is 111 Å². The maximum absolute atomic E-state index is 5.53. The molecular formula is C46H43BrN14O2S2. The minimum absolute atomic E-state index is 0.598. The summed E-state index contributed by atoms with van der Waals surface area (Å²) in [7, 11) is 3.81. The molecule has 0 atom stereocenters. The van der Waals surface area contributed by atoms with Crippen LogP contribution in [0.5, 0.6) is 0 Å². The highest BCUT2D eigenvalue weighted by molar-refractivity contribution is 9.10. The van der Waals surface area contributed by atoms with Gasteiger partial charge in [0.25, 0.3) is 0 Å². The molecule has 8 aromatic heterocycles. The van der Waals surface area contributed by atoms with Crippen molar-refractivity contribution in [1.82, 2.24) is 58.7 Å². The zero-order valence-corrected chi connectivity index (χ0v) is 38.7. The van der Waals surface area contributed by atoms with Crippen LogP contribution < -0.4 is 9.80 Å². The van der Waals surface area contributed by atoms with Crippen LogP contribution in [0.2, 0.25) is 0 Å². The van der Waals surface area contributed by atoms with E-state index in [0.29, 0.717) is 4.77 Å². The summed E-state index contributed by atoms with van der Waals surface area (Å²) in [5, 5.41) is 27.2. The van der Waals surface area contributed by atoms with Crippen LogP contribution in [0, 0.1) is 4.77 Å². The van der Waals surface area contributed by atoms with E-state index in [4.69, 9.17) is 21.7 Å². The third-order valence-electron chi connectivity index (χ3n) is 11.1. The Labute approximate surface area is 391 Å². The molecule has 2 aromatic carbocycles. The summed E-state index contributed by atoms with van der Waals surface area (Å²) in [5.41, 5.74) is 10.4. The smallest absolute Gasteiger partial charge is 0.200 e. The van der Waals surface area contributed by atoms with Gasteiger partial charge in [0, 0.05) is 131 Å². The monoisotopic (exact) mass is 966 g/mol. The molecule has 1 N–H and O–H groups in total. The zero-order chi connectivity index (χ0) is 44.3. The van der Waals surface area contributed by atoms with Crippen molar-refractivity contribution >= 4 is 84.4 Å². The van der Waals surface area contributed by atoms with Crippen molar-refractivity contribution in [3.05, 3.63) is 132 Å². The molecule has 2 aliphatic rings. The molecule has 2 saturated heterocycles. The molecule has 0 spiro atoms. The predicted octanol–water partition coefficient (Wildman–Crippen LogP) is 8.29. The van der Waals surface area contributed by atoms with Gasteiger partial charge in [0.05, 0.1) is 49.9 Å². The summed E-state index contributed by atoms with van der Waals surface area (Å²) in [6.45, 7) is 6.80. The highest BCUT2D eigenvalue weighted by atomic mass is 79.9. The standard InChI is InChI=1S/C23H21N7OS.C13H13BrN2O.C10H9N5S/c1-28-14-17(13-25-28)16-2-5-22-26-27-23(30(22)15-16)32-18-3-4-20-19(12-18)21(6-7-24-20)29-8-10-31-11-9-29;14-10-1-2-12-11(9-10)13(3-4-15-12)16-5-7-17-8-6-16;1-14-5-8(4-11-14)7-2-3-9-12-13-10(16)15(9)6-7/h2-7,12-15H,8-11H2,1H3;1-4,9H,5-8H2;2-6H,1H3,(H,13,16). The first kappa shape index (κ1) is 42.4. The molecule has 19 heteroatoms. The minimum Gasteiger partial charge on any atom is -0.378 e. The quantitative estimate of drug-likeness (QED) is 0.160. The van der Waals surface area contributed by atoms with Crippen LogP contribution >= 0.6 is 39.9 Å². The lowest BCUT2D eigenvalue weighted by Gasteiger charge is -2.29. The van der Waals surface area contributed by atoms with E-state index in [2.05, 4.69) is 109 Å². The molecule has 10 heterocycles. The highest BCUT2D eigenvalue weighted by Crippen LogP contribution is 2.34. The lowest BCUT2D eigenvalue weighted by molar-refractivity contribution is 0.122. The topological polar surface area (TPSA) is 150 Å². The second kappa shape index (κ2) is 18.9. The number of aromatic amines is 1. The Kier molecular flexibility index (Phi) is 12.3. The van der Waals surface area contributed by atoms with Crippen molar-refractivity contribution in [1.29, 1.82) is 0 Å². The molecule has 16 nitrogen and oxygen atoms in total. The first-order valence-electron chi connectivity index (χ1n) is 21.0. The fraction of sp³-hybridized carbons (Fsp3) is 0.217. The van der Waals surface area contributed by atoms with E-state index in [1.54, 1.807) is 21.1 Å². The normalized spacial score (nSPS) is 14.1. The van der Waals surface area contributed by atoms with Crippen molar-refractivity contribution < 1.29 is 9.47 Å². The van der Waals surface area contributed by atoms with Gasteiger partial charge in [-0.25, -0.2) is 0 Å². The predicted molar refractivity (Wildman–Crippen MR) is 259 cm³/mol. The Morgan fingerprint density at radius 2 is 1.18 bits per heavy atom. The molecule has 2 aliphatic heterocycles. The number of pyridine rings is 4. The number of hydrogen-bond acceptors (Lipinski definition) is 13. The van der Waals surface area contributed by atoms with E-state index < -0.39 is 0 Å². The van der Waals surface area contributed by atoms with Gasteiger partial charge in [-0.2, -0.15) is 15.3 Å². The van der Waals surface area contributed by atoms with E-state index in [0.717, 1.165) is 117 Å². The fourth-order valence-corrected chi connectivity index (χ4v) is 9.27. The van der Waals surface area contributed by atoms with Crippen LogP contribution in [0.15, 0.2) is 137 Å². The Balaban J connectivity index is 0.000000127. The summed E-state index contributed by atoms with van der Waals surface area (Å²) in [5.74, 6) is 0. The molecule has 0 radical (unpaired) electrons. The molecule has 0 aliphatic carbocycles. The summed E-state index contributed by atoms with van der Waals surface area (Å²) >= 11 is 10.2. The zero-order valence-electron chi connectivity index (χ0n) is 35.5. The molecule has 65 heavy (non-hydrogen) atoms. The maximum Gasteiger partial charge on any atom is 0.200 e. The van der Waals surface area contributed by atoms with Gasteiger partial charge in [0.15, 0.2) is 21.2 Å². The molecule has 10 aromatic rings. The number of H-pyrrole nitrogens is 1. The van der Waals surface area contributed by atoms with Gasteiger partial charge in [-0.05, 0) is 96.8 Å². The second-order valence-corrected chi connectivity index (χ2v) is 17.8. The van der Waals surface area contributed by atoms with Crippen molar-refractivity contribution in [2.24, 2.45) is 14.1 Å². The lowest BCUT2D eigenvalue weighted by atomic mass is 10.1. The highest BCUT2D eigenvalue weighted by Gasteiger charge is 2.17. The summed E-state index contributed by atoms with van der Waals surface area (Å²) in [4.78, 5) is 14.8. The average molecular weight is 968 g/mol. The summed E-state index contributed by atoms with van der Waals surface area (Å²) in [6.07, 6.45) is 15.4. The number of hydrogen-bond donors (Lipinski definition) is 1. The fourth-order valence-electron chi connectivity index (χ4n) is 7.87. The Morgan fingerprint density at radius 3 is 1.78 bits per heavy atom. The van der Waals surface area contributed by atoms with Crippen LogP contribution in [0.4, 0.5) is 11.4 Å². The molecule has 2 fully saturated rings. The number of aryl methyl sites for hydroxylation is 2. The molecule has 0 bridgehead atoms. The van der Waals surface area contributed by atoms with Gasteiger partial charge < -0.3 is 19.3 Å².